The van der Waals surface area contributed by atoms with Gasteiger partial charge in [-0.3, -0.25) is 9.59 Å². The summed E-state index contributed by atoms with van der Waals surface area (Å²) in [5.74, 6) is -1.58. The highest BCUT2D eigenvalue weighted by Crippen LogP contribution is 2.23. The molecule has 0 radical (unpaired) electrons. The minimum Gasteiger partial charge on any atom is -0.325 e. The first-order valence-electron chi connectivity index (χ1n) is 7.66. The van der Waals surface area contributed by atoms with Crippen molar-refractivity contribution in [1.29, 1.82) is 0 Å². The van der Waals surface area contributed by atoms with E-state index < -0.39 is 23.0 Å². The molecule has 4 nitrogen and oxygen atoms in total. The highest BCUT2D eigenvalue weighted by atomic mass is 19.1. The molecule has 126 valence electrons. The Labute approximate surface area is 141 Å². The second-order valence-electron chi connectivity index (χ2n) is 6.39. The maximum atomic E-state index is 13.7. The average Bonchev–Trinajstić information content (AvgIpc) is 2.48. The molecular formula is C19H21FN2O2. The summed E-state index contributed by atoms with van der Waals surface area (Å²) in [5, 5.41) is 5.22. The highest BCUT2D eigenvalue weighted by molar-refractivity contribution is 6.14. The van der Waals surface area contributed by atoms with Gasteiger partial charge in [0.1, 0.15) is 11.2 Å². The quantitative estimate of drug-likeness (QED) is 0.832. The fourth-order valence-electron chi connectivity index (χ4n) is 2.28. The van der Waals surface area contributed by atoms with Gasteiger partial charge in [0.05, 0.1) is 5.69 Å². The van der Waals surface area contributed by atoms with Crippen molar-refractivity contribution in [3.8, 4) is 0 Å². The molecule has 0 saturated heterocycles. The number of anilines is 2. The molecule has 2 N–H and O–H groups in total. The lowest BCUT2D eigenvalue weighted by Gasteiger charge is -2.23. The average molecular weight is 328 g/mol. The first-order chi connectivity index (χ1) is 11.2. The number of nitrogens with one attached hydrogen (secondary N) is 2. The largest absolute Gasteiger partial charge is 0.325 e. The number of amides is 2. The molecule has 24 heavy (non-hydrogen) atoms. The molecule has 0 atom stereocenters. The van der Waals surface area contributed by atoms with E-state index in [1.807, 2.05) is 32.0 Å². The first-order valence-corrected chi connectivity index (χ1v) is 7.66. The topological polar surface area (TPSA) is 58.2 Å². The zero-order chi connectivity index (χ0) is 17.9. The van der Waals surface area contributed by atoms with Crippen molar-refractivity contribution in [2.45, 2.75) is 27.7 Å². The predicted molar refractivity (Wildman–Crippen MR) is 93.4 cm³/mol. The number of hydrogen-bond donors (Lipinski definition) is 2. The zero-order valence-corrected chi connectivity index (χ0v) is 14.2. The van der Waals surface area contributed by atoms with Crippen molar-refractivity contribution in [1.82, 2.24) is 0 Å². The lowest BCUT2D eigenvalue weighted by Crippen LogP contribution is -2.41. The zero-order valence-electron chi connectivity index (χ0n) is 14.2. The van der Waals surface area contributed by atoms with Crippen LogP contribution in [0.3, 0.4) is 0 Å². The molecule has 0 bridgehead atoms. The Hall–Kier alpha value is -2.69. The first kappa shape index (κ1) is 17.7. The summed E-state index contributed by atoms with van der Waals surface area (Å²) in [6, 6.07) is 11.5. The monoisotopic (exact) mass is 328 g/mol. The summed E-state index contributed by atoms with van der Waals surface area (Å²) in [4.78, 5) is 24.9. The van der Waals surface area contributed by atoms with Crippen LogP contribution in [0.15, 0.2) is 42.5 Å². The number of benzene rings is 2. The van der Waals surface area contributed by atoms with Crippen LogP contribution >= 0.6 is 0 Å². The van der Waals surface area contributed by atoms with E-state index in [0.29, 0.717) is 5.69 Å². The molecule has 0 aromatic heterocycles. The Bertz CT molecular complexity index is 764. The van der Waals surface area contributed by atoms with E-state index in [2.05, 4.69) is 10.6 Å². The molecule has 0 aliphatic rings. The number of carbonyl (C=O) groups excluding carboxylic acids is 2. The molecule has 0 aliphatic carbocycles. The molecule has 0 saturated carbocycles. The van der Waals surface area contributed by atoms with Crippen LogP contribution in [0.5, 0.6) is 0 Å². The van der Waals surface area contributed by atoms with Gasteiger partial charge in [-0.1, -0.05) is 18.2 Å². The van der Waals surface area contributed by atoms with Gasteiger partial charge in [-0.05, 0) is 63.1 Å². The number of para-hydroxylation sites is 1. The Kier molecular flexibility index (Phi) is 5.02. The summed E-state index contributed by atoms with van der Waals surface area (Å²) in [6.07, 6.45) is 0. The third kappa shape index (κ3) is 3.98. The lowest BCUT2D eigenvalue weighted by molar-refractivity contribution is -0.135. The fourth-order valence-corrected chi connectivity index (χ4v) is 2.28. The molecule has 2 aromatic rings. The molecule has 2 aromatic carbocycles. The van der Waals surface area contributed by atoms with Crippen LogP contribution in [0.1, 0.15) is 25.0 Å². The van der Waals surface area contributed by atoms with Crippen LogP contribution in [-0.4, -0.2) is 11.8 Å². The maximum Gasteiger partial charge on any atom is 0.239 e. The van der Waals surface area contributed by atoms with Crippen molar-refractivity contribution in [2.24, 2.45) is 5.41 Å². The molecule has 0 heterocycles. The van der Waals surface area contributed by atoms with Crippen molar-refractivity contribution in [3.05, 3.63) is 59.4 Å². The Balaban J connectivity index is 2.14. The number of rotatable bonds is 4. The van der Waals surface area contributed by atoms with Gasteiger partial charge in [0.15, 0.2) is 0 Å². The van der Waals surface area contributed by atoms with Crippen LogP contribution < -0.4 is 10.6 Å². The summed E-state index contributed by atoms with van der Waals surface area (Å²) < 4.78 is 13.7. The fraction of sp³-hybridized carbons (Fsp3) is 0.263. The highest BCUT2D eigenvalue weighted by Gasteiger charge is 2.36. The predicted octanol–water partition coefficient (Wildman–Crippen LogP) is 4.05. The molecule has 2 rings (SSSR count). The summed E-state index contributed by atoms with van der Waals surface area (Å²) in [5.41, 5.74) is 1.34. The van der Waals surface area contributed by atoms with Gasteiger partial charge in [-0.25, -0.2) is 4.39 Å². The van der Waals surface area contributed by atoms with Gasteiger partial charge in [0.2, 0.25) is 11.8 Å². The minimum absolute atomic E-state index is 0.0507. The Morgan fingerprint density at radius 2 is 1.46 bits per heavy atom. The van der Waals surface area contributed by atoms with Crippen molar-refractivity contribution < 1.29 is 14.0 Å². The van der Waals surface area contributed by atoms with Crippen LogP contribution in [0.25, 0.3) is 0 Å². The Morgan fingerprint density at radius 1 is 0.917 bits per heavy atom. The molecule has 2 amide bonds. The van der Waals surface area contributed by atoms with Crippen LogP contribution in [0.4, 0.5) is 15.8 Å². The van der Waals surface area contributed by atoms with Gasteiger partial charge in [0.25, 0.3) is 0 Å². The van der Waals surface area contributed by atoms with E-state index in [1.165, 1.54) is 32.0 Å². The van der Waals surface area contributed by atoms with Crippen molar-refractivity contribution in [3.63, 3.8) is 0 Å². The van der Waals surface area contributed by atoms with E-state index in [-0.39, 0.29) is 5.69 Å². The maximum absolute atomic E-state index is 13.7. The summed E-state index contributed by atoms with van der Waals surface area (Å²) >= 11 is 0. The van der Waals surface area contributed by atoms with Gasteiger partial charge >= 0.3 is 0 Å². The number of halogens is 1. The van der Waals surface area contributed by atoms with E-state index in [9.17, 15) is 14.0 Å². The van der Waals surface area contributed by atoms with Crippen LogP contribution in [0.2, 0.25) is 0 Å². The molecular weight excluding hydrogens is 307 g/mol. The third-order valence-corrected chi connectivity index (χ3v) is 3.74. The summed E-state index contributed by atoms with van der Waals surface area (Å²) in [6.45, 7) is 6.86. The van der Waals surface area contributed by atoms with Crippen LogP contribution in [-0.2, 0) is 9.59 Å². The van der Waals surface area contributed by atoms with Gasteiger partial charge in [0, 0.05) is 5.69 Å². The van der Waals surface area contributed by atoms with E-state index >= 15 is 0 Å². The third-order valence-electron chi connectivity index (χ3n) is 3.74. The molecule has 5 heteroatoms. The molecule has 0 unspecified atom stereocenters. The van der Waals surface area contributed by atoms with Gasteiger partial charge in [-0.2, -0.15) is 0 Å². The van der Waals surface area contributed by atoms with Gasteiger partial charge in [-0.15, -0.1) is 0 Å². The van der Waals surface area contributed by atoms with Crippen molar-refractivity contribution >= 4 is 23.2 Å². The normalized spacial score (nSPS) is 11.0. The number of carbonyl (C=O) groups is 2. The SMILES string of the molecule is Cc1cc(C)cc(NC(=O)C(C)(C)C(=O)Nc2ccccc2F)c1. The molecule has 0 spiro atoms. The van der Waals surface area contributed by atoms with Crippen LogP contribution in [0, 0.1) is 25.1 Å². The number of hydrogen-bond acceptors (Lipinski definition) is 2. The lowest BCUT2D eigenvalue weighted by atomic mass is 9.90. The number of aryl methyl sites for hydroxylation is 2. The standard InChI is InChI=1S/C19H21FN2O2/c1-12-9-13(2)11-14(10-12)21-17(23)19(3,4)18(24)22-16-8-6-5-7-15(16)20/h5-11H,1-4H3,(H,21,23)(H,22,24). The second kappa shape index (κ2) is 6.83. The smallest absolute Gasteiger partial charge is 0.239 e. The Morgan fingerprint density at radius 3 is 2.04 bits per heavy atom. The van der Waals surface area contributed by atoms with Crippen molar-refractivity contribution in [2.75, 3.05) is 10.6 Å². The second-order valence-corrected chi connectivity index (χ2v) is 6.39. The molecule has 0 aliphatic heterocycles. The summed E-state index contributed by atoms with van der Waals surface area (Å²) in [7, 11) is 0. The van der Waals surface area contributed by atoms with E-state index in [1.54, 1.807) is 6.07 Å². The minimum atomic E-state index is -1.36. The molecule has 0 fully saturated rings. The van der Waals surface area contributed by atoms with Gasteiger partial charge < -0.3 is 10.6 Å². The van der Waals surface area contributed by atoms with E-state index in [0.717, 1.165) is 11.1 Å². The van der Waals surface area contributed by atoms with E-state index in [4.69, 9.17) is 0 Å².